The number of nitrogens with two attached hydrogens (primary N) is 1. The number of alkyl halides is 2. The van der Waals surface area contributed by atoms with Crippen molar-refractivity contribution in [3.8, 4) is 5.75 Å². The number of methoxy groups -OCH3 is 2. The molecule has 34 heteroatoms. The Morgan fingerprint density at radius 2 is 1.50 bits per heavy atom. The fourth-order valence-electron chi connectivity index (χ4n) is 11.1. The number of nitrogens with zero attached hydrogens (tertiary/aromatic N) is 4. The Labute approximate surface area is 607 Å². The summed E-state index contributed by atoms with van der Waals surface area (Å²) in [5, 5.41) is 23.3. The largest absolute Gasteiger partial charge is 0.495 e. The zero-order valence-corrected chi connectivity index (χ0v) is 62.0. The summed E-state index contributed by atoms with van der Waals surface area (Å²) in [6, 6.07) is 4.74. The van der Waals surface area contributed by atoms with Gasteiger partial charge in [0, 0.05) is 75.6 Å². The van der Waals surface area contributed by atoms with Gasteiger partial charge in [0.2, 0.25) is 35.4 Å². The quantitative estimate of drug-likeness (QED) is 0.0139. The van der Waals surface area contributed by atoms with Gasteiger partial charge in [0.1, 0.15) is 52.8 Å². The van der Waals surface area contributed by atoms with E-state index in [0.29, 0.717) is 64.9 Å². The fourth-order valence-corrected chi connectivity index (χ4v) is 12.3. The summed E-state index contributed by atoms with van der Waals surface area (Å²) in [7, 11) is 5.76. The van der Waals surface area contributed by atoms with Crippen molar-refractivity contribution < 1.29 is 95.7 Å². The summed E-state index contributed by atoms with van der Waals surface area (Å²) < 4.78 is 51.4. The van der Waals surface area contributed by atoms with Crippen molar-refractivity contribution in [3.63, 3.8) is 0 Å². The number of benzene rings is 2. The van der Waals surface area contributed by atoms with Crippen molar-refractivity contribution in [2.24, 2.45) is 11.7 Å². The molecule has 9 N–H and O–H groups in total. The van der Waals surface area contributed by atoms with Gasteiger partial charge in [-0.25, -0.2) is 19.6 Å². The van der Waals surface area contributed by atoms with E-state index in [1.807, 2.05) is 13.0 Å². The molecule has 0 radical (unpaired) electrons. The molecule has 6 rings (SSSR count). The van der Waals surface area contributed by atoms with Crippen molar-refractivity contribution in [1.82, 2.24) is 47.0 Å². The zero-order chi connectivity index (χ0) is 74.1. The van der Waals surface area contributed by atoms with Crippen LogP contribution in [0.4, 0.5) is 10.5 Å². The highest BCUT2D eigenvalue weighted by Gasteiger charge is 2.64. The minimum atomic E-state index is -1.91. The van der Waals surface area contributed by atoms with Crippen molar-refractivity contribution in [3.05, 3.63) is 81.7 Å². The molecule has 1 aromatic heterocycles. The van der Waals surface area contributed by atoms with E-state index in [4.69, 9.17) is 60.0 Å². The average Bonchev–Trinajstić information content (AvgIpc) is 1.57. The molecule has 3 aromatic rings. The van der Waals surface area contributed by atoms with Crippen LogP contribution in [0.3, 0.4) is 0 Å². The summed E-state index contributed by atoms with van der Waals surface area (Å²) in [5.41, 5.74) is 11.9. The molecule has 101 heavy (non-hydrogen) atoms. The number of hydrogen-bond donors (Lipinski definition) is 8. The molecule has 1 unspecified atom stereocenters. The third-order valence-corrected chi connectivity index (χ3v) is 18.6. The van der Waals surface area contributed by atoms with Gasteiger partial charge in [0.05, 0.1) is 107 Å². The van der Waals surface area contributed by atoms with Crippen molar-refractivity contribution in [2.75, 3.05) is 92.6 Å². The van der Waals surface area contributed by atoms with Crippen molar-refractivity contribution in [1.29, 1.82) is 0 Å². The lowest BCUT2D eigenvalue weighted by molar-refractivity contribution is -0.162. The second-order valence-corrected chi connectivity index (χ2v) is 26.2. The van der Waals surface area contributed by atoms with Gasteiger partial charge in [-0.3, -0.25) is 54.5 Å². The molecule has 2 aromatic carbocycles. The number of hydrogen-bond acceptors (Lipinski definition) is 22. The molecule has 0 saturated carbocycles. The summed E-state index contributed by atoms with van der Waals surface area (Å²) in [4.78, 5) is 143. The van der Waals surface area contributed by atoms with Gasteiger partial charge >= 0.3 is 12.1 Å². The van der Waals surface area contributed by atoms with Gasteiger partial charge < -0.3 is 79.2 Å². The first-order valence-corrected chi connectivity index (χ1v) is 35.5. The van der Waals surface area contributed by atoms with Crippen LogP contribution in [-0.4, -0.2) is 221 Å². The van der Waals surface area contributed by atoms with Crippen LogP contribution in [0.25, 0.3) is 11.0 Å². The van der Waals surface area contributed by atoms with Gasteiger partial charge in [-0.05, 0) is 82.9 Å². The molecule has 0 spiro atoms. The molecular weight excluding hydrogens is 1470 g/mol. The molecule has 556 valence electrons. The Bertz CT molecular complexity index is 3500. The number of fused-ring (bicyclic) bond motifs is 6. The van der Waals surface area contributed by atoms with E-state index < -0.39 is 126 Å². The van der Waals surface area contributed by atoms with Crippen molar-refractivity contribution >= 4 is 120 Å². The van der Waals surface area contributed by atoms with E-state index >= 15 is 0 Å². The molecule has 3 aliphatic rings. The number of esters is 1. The summed E-state index contributed by atoms with van der Waals surface area (Å²) in [5.74, 6) is -6.42. The van der Waals surface area contributed by atoms with E-state index in [0.717, 1.165) is 22.5 Å². The van der Waals surface area contributed by atoms with Crippen LogP contribution < -0.4 is 47.5 Å². The molecule has 4 bridgehead atoms. The van der Waals surface area contributed by atoms with Gasteiger partial charge in [-0.15, -0.1) is 0 Å². The van der Waals surface area contributed by atoms with E-state index in [-0.39, 0.29) is 89.1 Å². The maximum absolute atomic E-state index is 14.4. The van der Waals surface area contributed by atoms with Crippen molar-refractivity contribution in [2.45, 2.75) is 157 Å². The zero-order valence-electron chi connectivity index (χ0n) is 58.1. The standard InChI is InChI=1S/C67H92Br2ClN11O20/c1-38-13-12-14-52(94-9)67(92)35-51(99-65(91)77-67)39(2)60-66(5,101-60)53(34-58(86)81(7)49-30-42(29-38)31-50(93-8)59(49)70)100-64(90)41(4)80(6)57(85)16-11-10-15-56(84)78-79-61(87)40(3)73-63(89)46(33-54(71)82)76-55(83)19-21-95-23-25-97-27-28-98-26-24-96-22-20-72-62(88)43-17-18-44-45(32-43)75-48(37-69)47(36-68)74-44/h12-14,17-18,30-32,39-41,46,51-53,60,92H,10-11,15-16,19-29,33-37H2,1-9H3,(H2,71,82)(H,72,88)(H,73,89)(H,76,83)(H,77,91)(H,78,84)(H,79,87)/b14-12+,38-13+/t39?,40-,41-,46-,51-,52+,53-,60-,66-,67-/m0/s1. The second kappa shape index (κ2) is 39.8. The third kappa shape index (κ3) is 24.3. The Morgan fingerprint density at radius 1 is 0.861 bits per heavy atom. The Balaban J connectivity index is 0.867. The highest BCUT2D eigenvalue weighted by atomic mass is 79.9. The Hall–Kier alpha value is -7.47. The number of anilines is 1. The van der Waals surface area contributed by atoms with Gasteiger partial charge in [-0.2, -0.15) is 0 Å². The van der Waals surface area contributed by atoms with Crippen LogP contribution in [0.5, 0.6) is 5.75 Å². The maximum atomic E-state index is 14.4. The van der Waals surface area contributed by atoms with Gasteiger partial charge in [0.25, 0.3) is 11.8 Å². The smallest absolute Gasteiger partial charge is 0.409 e. The number of rotatable bonds is 34. The molecule has 31 nitrogen and oxygen atoms in total. The normalized spacial score (nSPS) is 22.3. The number of nitrogens with one attached hydrogen (secondary N) is 6. The summed E-state index contributed by atoms with van der Waals surface area (Å²) in [6.07, 6.45) is -0.654. The average molecular weight is 1570 g/mol. The first-order chi connectivity index (χ1) is 48.1. The predicted molar refractivity (Wildman–Crippen MR) is 374 cm³/mol. The van der Waals surface area contributed by atoms with E-state index in [1.54, 1.807) is 56.3 Å². The topological polar surface area (TPSA) is 408 Å². The third-order valence-electron chi connectivity index (χ3n) is 17.2. The predicted octanol–water partition coefficient (Wildman–Crippen LogP) is 3.71. The van der Waals surface area contributed by atoms with Gasteiger partial charge in [0.15, 0.2) is 5.72 Å². The number of alkyl carbamates (subject to hydrolysis) is 1. The number of hydrazine groups is 1. The molecule has 4 heterocycles. The monoisotopic (exact) mass is 1560 g/mol. The Kier molecular flexibility index (Phi) is 32.5. The SMILES string of the molecule is COc1cc2cc(c1Cl)N(C)C(=O)C[C@H](OC(=O)[C@H](C)N(C)C(=O)CCCCC(=O)NNC(=O)[C@H](C)NC(=O)[C@H](CC(N)=O)NC(=O)CCOCCOCCOCCOCCNC(=O)c1ccc3nc(CBr)c(CBr)nc3c1)[C@]1(C)O[C@H]1C(C)[C@@H]1C[C@@](O)(NC(=O)O1)[C@H](OC)/C=C/C=C(\C)C2. The first kappa shape index (κ1) is 82.5. The lowest BCUT2D eigenvalue weighted by Crippen LogP contribution is -2.63. The summed E-state index contributed by atoms with van der Waals surface area (Å²) in [6.45, 7) is 10.0. The molecule has 0 aliphatic carbocycles. The van der Waals surface area contributed by atoms with Crippen LogP contribution in [0, 0.1) is 5.92 Å². The van der Waals surface area contributed by atoms with E-state index in [9.17, 15) is 53.1 Å². The lowest BCUT2D eigenvalue weighted by atomic mass is 9.83. The van der Waals surface area contributed by atoms with Crippen LogP contribution in [0.2, 0.25) is 5.02 Å². The fraction of sp³-hybridized carbons (Fsp3) is 0.582. The number of amides is 9. The molecule has 2 fully saturated rings. The Morgan fingerprint density at radius 3 is 2.15 bits per heavy atom. The number of carbonyl (C=O) groups excluding carboxylic acids is 10. The van der Waals surface area contributed by atoms with Crippen LogP contribution in [0.1, 0.15) is 113 Å². The molecule has 9 amide bonds. The number of unbranched alkanes of at least 4 members (excludes halogenated alkanes) is 1. The highest BCUT2D eigenvalue weighted by molar-refractivity contribution is 9.09. The number of primary amides is 1. The molecule has 10 atom stereocenters. The number of aromatic nitrogens is 2. The first-order valence-electron chi connectivity index (χ1n) is 32.9. The van der Waals surface area contributed by atoms with E-state index in [1.165, 1.54) is 52.0 Å². The number of likely N-dealkylation sites (N-methyl/N-ethyl adjacent to an activating group) is 1. The minimum Gasteiger partial charge on any atom is -0.495 e. The lowest BCUT2D eigenvalue weighted by Gasteiger charge is -2.42. The number of aliphatic hydroxyl groups is 1. The van der Waals surface area contributed by atoms with Crippen LogP contribution >= 0.6 is 43.5 Å². The maximum Gasteiger partial charge on any atom is 0.409 e. The minimum absolute atomic E-state index is 0.0535. The number of halogens is 3. The number of allylic oxidation sites excluding steroid dienone is 3. The second-order valence-electron chi connectivity index (χ2n) is 24.7. The van der Waals surface area contributed by atoms with Crippen LogP contribution in [0.15, 0.2) is 54.1 Å². The number of ether oxygens (including phenoxy) is 9. The van der Waals surface area contributed by atoms with Crippen LogP contribution in [-0.2, 0) is 93.3 Å². The van der Waals surface area contributed by atoms with E-state index in [2.05, 4.69) is 73.9 Å². The molecule has 3 aliphatic heterocycles. The van der Waals surface area contributed by atoms with Gasteiger partial charge in [-0.1, -0.05) is 74.2 Å². The number of epoxide rings is 1. The summed E-state index contributed by atoms with van der Waals surface area (Å²) >= 11 is 13.7. The molecule has 2 saturated heterocycles. The highest BCUT2D eigenvalue weighted by Crippen LogP contribution is 2.49. The molecular formula is C67H92Br2ClN11O20. The number of carbonyl (C=O) groups is 10.